The van der Waals surface area contributed by atoms with Crippen LogP contribution in [-0.4, -0.2) is 30.0 Å². The predicted octanol–water partition coefficient (Wildman–Crippen LogP) is 1.76. The Labute approximate surface area is 105 Å². The summed E-state index contributed by atoms with van der Waals surface area (Å²) in [5, 5.41) is 0. The average molecular weight is 243 g/mol. The molecule has 0 atom stereocenters. The lowest BCUT2D eigenvalue weighted by atomic mass is 10.2. The van der Waals surface area contributed by atoms with E-state index >= 15 is 0 Å². The number of hydrogen-bond donors (Lipinski definition) is 0. The molecule has 5 nitrogen and oxygen atoms in total. The number of nitrogens with zero attached hydrogens (tertiary/aromatic N) is 3. The van der Waals surface area contributed by atoms with Gasteiger partial charge in [-0.15, -0.1) is 0 Å². The van der Waals surface area contributed by atoms with Gasteiger partial charge in [-0.3, -0.25) is 9.78 Å². The van der Waals surface area contributed by atoms with E-state index in [9.17, 15) is 4.79 Å². The number of carbonyl (C=O) groups is 1. The molecule has 92 valence electrons. The van der Waals surface area contributed by atoms with Gasteiger partial charge >= 0.3 is 0 Å². The Morgan fingerprint density at radius 3 is 2.50 bits per heavy atom. The van der Waals surface area contributed by atoms with E-state index in [1.54, 1.807) is 26.3 Å². The Bertz CT molecular complexity index is 526. The van der Waals surface area contributed by atoms with Crippen molar-refractivity contribution in [1.82, 2.24) is 9.97 Å². The molecule has 0 saturated carbocycles. The highest BCUT2D eigenvalue weighted by Crippen LogP contribution is 2.19. The van der Waals surface area contributed by atoms with E-state index in [0.717, 1.165) is 11.4 Å². The third-order valence-electron chi connectivity index (χ3n) is 2.55. The van der Waals surface area contributed by atoms with Crippen LogP contribution in [0.5, 0.6) is 5.75 Å². The average Bonchev–Trinajstić information content (AvgIpc) is 2.47. The Balaban J connectivity index is 2.20. The number of ether oxygens (including phenoxy) is 1. The summed E-state index contributed by atoms with van der Waals surface area (Å²) in [6.45, 7) is 0. The molecule has 0 saturated heterocycles. The Kier molecular flexibility index (Phi) is 3.52. The van der Waals surface area contributed by atoms with Crippen molar-refractivity contribution >= 4 is 11.6 Å². The minimum atomic E-state index is -0.201. The van der Waals surface area contributed by atoms with Crippen LogP contribution in [-0.2, 0) is 0 Å². The van der Waals surface area contributed by atoms with E-state index in [2.05, 4.69) is 9.97 Å². The monoisotopic (exact) mass is 243 g/mol. The van der Waals surface area contributed by atoms with Gasteiger partial charge in [0.2, 0.25) is 0 Å². The molecule has 0 aliphatic carbocycles. The maximum absolute atomic E-state index is 12.1. The zero-order valence-electron chi connectivity index (χ0n) is 10.2. The first-order chi connectivity index (χ1) is 8.72. The molecule has 1 heterocycles. The van der Waals surface area contributed by atoms with Crippen molar-refractivity contribution in [3.05, 3.63) is 48.5 Å². The van der Waals surface area contributed by atoms with Crippen LogP contribution in [0, 0.1) is 0 Å². The van der Waals surface area contributed by atoms with Crippen LogP contribution in [0.2, 0.25) is 0 Å². The van der Waals surface area contributed by atoms with Crippen LogP contribution in [0.25, 0.3) is 0 Å². The van der Waals surface area contributed by atoms with E-state index in [1.165, 1.54) is 23.5 Å². The summed E-state index contributed by atoms with van der Waals surface area (Å²) in [5.74, 6) is 0.548. The molecule has 2 aromatic rings. The van der Waals surface area contributed by atoms with Crippen LogP contribution in [0.1, 0.15) is 10.5 Å². The second kappa shape index (κ2) is 5.27. The van der Waals surface area contributed by atoms with Gasteiger partial charge in [-0.2, -0.15) is 0 Å². The molecule has 0 aliphatic heterocycles. The molecule has 0 N–H and O–H groups in total. The molecular weight excluding hydrogens is 230 g/mol. The SMILES string of the molecule is COc1ccc(N(C)C(=O)c2cnccn2)cc1. The van der Waals surface area contributed by atoms with Gasteiger partial charge in [0.15, 0.2) is 0 Å². The number of anilines is 1. The number of amides is 1. The molecular formula is C13H13N3O2. The number of rotatable bonds is 3. The Morgan fingerprint density at radius 1 is 1.22 bits per heavy atom. The number of carbonyl (C=O) groups excluding carboxylic acids is 1. The lowest BCUT2D eigenvalue weighted by Gasteiger charge is -2.16. The van der Waals surface area contributed by atoms with Crippen molar-refractivity contribution in [2.45, 2.75) is 0 Å². The molecule has 0 aliphatic rings. The predicted molar refractivity (Wildman–Crippen MR) is 67.8 cm³/mol. The van der Waals surface area contributed by atoms with Gasteiger partial charge in [0.05, 0.1) is 13.3 Å². The third-order valence-corrected chi connectivity index (χ3v) is 2.55. The summed E-state index contributed by atoms with van der Waals surface area (Å²) in [4.78, 5) is 21.5. The zero-order valence-corrected chi connectivity index (χ0v) is 10.2. The molecule has 1 aromatic heterocycles. The second-order valence-corrected chi connectivity index (χ2v) is 3.65. The van der Waals surface area contributed by atoms with Gasteiger partial charge in [0.25, 0.3) is 5.91 Å². The minimum absolute atomic E-state index is 0.201. The van der Waals surface area contributed by atoms with Crippen molar-refractivity contribution in [1.29, 1.82) is 0 Å². The molecule has 1 aromatic carbocycles. The van der Waals surface area contributed by atoms with Gasteiger partial charge < -0.3 is 9.64 Å². The molecule has 1 amide bonds. The van der Waals surface area contributed by atoms with Crippen molar-refractivity contribution in [2.75, 3.05) is 19.1 Å². The fraction of sp³-hybridized carbons (Fsp3) is 0.154. The molecule has 18 heavy (non-hydrogen) atoms. The number of hydrogen-bond acceptors (Lipinski definition) is 4. The molecule has 0 unspecified atom stereocenters. The highest BCUT2D eigenvalue weighted by Gasteiger charge is 2.14. The van der Waals surface area contributed by atoms with E-state index in [0.29, 0.717) is 5.69 Å². The highest BCUT2D eigenvalue weighted by molar-refractivity contribution is 6.04. The molecule has 0 radical (unpaired) electrons. The quantitative estimate of drug-likeness (QED) is 0.824. The second-order valence-electron chi connectivity index (χ2n) is 3.65. The normalized spacial score (nSPS) is 9.89. The van der Waals surface area contributed by atoms with Crippen molar-refractivity contribution in [3.63, 3.8) is 0 Å². The molecule has 0 bridgehead atoms. The lowest BCUT2D eigenvalue weighted by Crippen LogP contribution is -2.27. The number of aromatic nitrogens is 2. The first-order valence-corrected chi connectivity index (χ1v) is 5.40. The van der Waals surface area contributed by atoms with E-state index < -0.39 is 0 Å². The number of methoxy groups -OCH3 is 1. The van der Waals surface area contributed by atoms with E-state index in [1.807, 2.05) is 12.1 Å². The molecule has 0 fully saturated rings. The van der Waals surface area contributed by atoms with Gasteiger partial charge in [-0.25, -0.2) is 4.98 Å². The standard InChI is InChI=1S/C13H13N3O2/c1-16(10-3-5-11(18-2)6-4-10)13(17)12-9-14-7-8-15-12/h3-9H,1-2H3. The van der Waals surface area contributed by atoms with Crippen LogP contribution >= 0.6 is 0 Å². The summed E-state index contributed by atoms with van der Waals surface area (Å²) in [7, 11) is 3.29. The number of benzene rings is 1. The fourth-order valence-corrected chi connectivity index (χ4v) is 1.50. The fourth-order valence-electron chi connectivity index (χ4n) is 1.50. The smallest absolute Gasteiger partial charge is 0.278 e. The van der Waals surface area contributed by atoms with Crippen LogP contribution < -0.4 is 9.64 Å². The van der Waals surface area contributed by atoms with Crippen molar-refractivity contribution in [2.24, 2.45) is 0 Å². The maximum Gasteiger partial charge on any atom is 0.278 e. The van der Waals surface area contributed by atoms with Crippen LogP contribution in [0.15, 0.2) is 42.9 Å². The third kappa shape index (κ3) is 2.45. The first kappa shape index (κ1) is 12.0. The topological polar surface area (TPSA) is 55.3 Å². The minimum Gasteiger partial charge on any atom is -0.497 e. The Hall–Kier alpha value is -2.43. The van der Waals surface area contributed by atoms with E-state index in [-0.39, 0.29) is 5.91 Å². The molecule has 5 heteroatoms. The maximum atomic E-state index is 12.1. The lowest BCUT2D eigenvalue weighted by molar-refractivity contribution is 0.0988. The Morgan fingerprint density at radius 2 is 1.94 bits per heavy atom. The van der Waals surface area contributed by atoms with E-state index in [4.69, 9.17) is 4.74 Å². The summed E-state index contributed by atoms with van der Waals surface area (Å²) in [6, 6.07) is 7.23. The summed E-state index contributed by atoms with van der Waals surface area (Å²) in [6.07, 6.45) is 4.47. The van der Waals surface area contributed by atoms with Crippen LogP contribution in [0.4, 0.5) is 5.69 Å². The summed E-state index contributed by atoms with van der Waals surface area (Å²) in [5.41, 5.74) is 1.09. The summed E-state index contributed by atoms with van der Waals surface area (Å²) >= 11 is 0. The van der Waals surface area contributed by atoms with Gasteiger partial charge in [0.1, 0.15) is 11.4 Å². The van der Waals surface area contributed by atoms with Crippen LogP contribution in [0.3, 0.4) is 0 Å². The zero-order chi connectivity index (χ0) is 13.0. The largest absolute Gasteiger partial charge is 0.497 e. The first-order valence-electron chi connectivity index (χ1n) is 5.40. The summed E-state index contributed by atoms with van der Waals surface area (Å²) < 4.78 is 5.07. The van der Waals surface area contributed by atoms with Crippen molar-refractivity contribution < 1.29 is 9.53 Å². The molecule has 2 rings (SSSR count). The van der Waals surface area contributed by atoms with Crippen molar-refractivity contribution in [3.8, 4) is 5.75 Å². The van der Waals surface area contributed by atoms with Gasteiger partial charge in [-0.05, 0) is 24.3 Å². The molecule has 0 spiro atoms. The van der Waals surface area contributed by atoms with Gasteiger partial charge in [-0.1, -0.05) is 0 Å². The van der Waals surface area contributed by atoms with Gasteiger partial charge in [0, 0.05) is 25.1 Å². The highest BCUT2D eigenvalue weighted by atomic mass is 16.5.